The number of benzene rings is 2. The number of hydrogen-bond acceptors (Lipinski definition) is 6. The van der Waals surface area contributed by atoms with Gasteiger partial charge in [0.1, 0.15) is 5.75 Å². The number of anilines is 1. The van der Waals surface area contributed by atoms with Gasteiger partial charge in [0.2, 0.25) is 5.91 Å². The molecule has 0 aliphatic rings. The number of hydrogen-bond donors (Lipinski definition) is 1. The minimum absolute atomic E-state index is 0.146. The Labute approximate surface area is 166 Å². The maximum atomic E-state index is 12.0. The number of thioether (sulfide) groups is 1. The maximum absolute atomic E-state index is 12.0. The Morgan fingerprint density at radius 2 is 2.04 bits per heavy atom. The molecule has 0 aliphatic carbocycles. The van der Waals surface area contributed by atoms with Gasteiger partial charge in [0.25, 0.3) is 11.1 Å². The molecule has 6 nitrogen and oxygen atoms in total. The number of aryl methyl sites for hydroxylation is 1. The van der Waals surface area contributed by atoms with Gasteiger partial charge < -0.3 is 14.5 Å². The Bertz CT molecular complexity index is 899. The van der Waals surface area contributed by atoms with Crippen LogP contribution in [0, 0.1) is 0 Å². The van der Waals surface area contributed by atoms with Gasteiger partial charge in [-0.2, -0.15) is 0 Å². The first kappa shape index (κ1) is 19.3. The van der Waals surface area contributed by atoms with E-state index in [0.29, 0.717) is 21.8 Å². The Kier molecular flexibility index (Phi) is 6.73. The second-order valence-electron chi connectivity index (χ2n) is 5.60. The van der Waals surface area contributed by atoms with Crippen molar-refractivity contribution < 1.29 is 13.9 Å². The fourth-order valence-electron chi connectivity index (χ4n) is 2.21. The predicted molar refractivity (Wildman–Crippen MR) is 105 cm³/mol. The third-order valence-corrected chi connectivity index (χ3v) is 4.63. The van der Waals surface area contributed by atoms with E-state index in [1.165, 1.54) is 5.56 Å². The summed E-state index contributed by atoms with van der Waals surface area (Å²) in [6.07, 6.45) is 0.982. The molecule has 0 aliphatic heterocycles. The average Bonchev–Trinajstić information content (AvgIpc) is 3.13. The van der Waals surface area contributed by atoms with Crippen molar-refractivity contribution in [1.82, 2.24) is 10.2 Å². The van der Waals surface area contributed by atoms with E-state index >= 15 is 0 Å². The SMILES string of the molecule is CCc1ccc(OCc2nnc(SCC(=O)Nc3cccc(Cl)c3)o2)cc1. The molecule has 0 bridgehead atoms. The largest absolute Gasteiger partial charge is 0.484 e. The van der Waals surface area contributed by atoms with Gasteiger partial charge in [-0.05, 0) is 42.3 Å². The molecular formula is C19H18ClN3O3S. The van der Waals surface area contributed by atoms with Gasteiger partial charge in [-0.25, -0.2) is 0 Å². The van der Waals surface area contributed by atoms with Gasteiger partial charge in [0.05, 0.1) is 5.75 Å². The van der Waals surface area contributed by atoms with Crippen LogP contribution in [0.25, 0.3) is 0 Å². The van der Waals surface area contributed by atoms with Gasteiger partial charge in [0.15, 0.2) is 6.61 Å². The lowest BCUT2D eigenvalue weighted by Gasteiger charge is -2.04. The second-order valence-corrected chi connectivity index (χ2v) is 6.96. The first-order valence-electron chi connectivity index (χ1n) is 8.34. The smallest absolute Gasteiger partial charge is 0.277 e. The van der Waals surface area contributed by atoms with Crippen molar-refractivity contribution in [3.8, 4) is 5.75 Å². The summed E-state index contributed by atoms with van der Waals surface area (Å²) in [6.45, 7) is 2.27. The highest BCUT2D eigenvalue weighted by molar-refractivity contribution is 7.99. The van der Waals surface area contributed by atoms with E-state index in [4.69, 9.17) is 20.8 Å². The molecule has 1 aromatic heterocycles. The molecule has 0 spiro atoms. The molecule has 1 N–H and O–H groups in total. The van der Waals surface area contributed by atoms with Crippen LogP contribution < -0.4 is 10.1 Å². The zero-order chi connectivity index (χ0) is 19.1. The van der Waals surface area contributed by atoms with Crippen LogP contribution in [0.2, 0.25) is 5.02 Å². The molecule has 1 amide bonds. The first-order chi connectivity index (χ1) is 13.1. The summed E-state index contributed by atoms with van der Waals surface area (Å²) in [7, 11) is 0. The average molecular weight is 404 g/mol. The predicted octanol–water partition coefficient (Wildman–Crippen LogP) is 4.60. The molecule has 1 heterocycles. The molecule has 27 heavy (non-hydrogen) atoms. The van der Waals surface area contributed by atoms with E-state index in [9.17, 15) is 4.79 Å². The van der Waals surface area contributed by atoms with Crippen LogP contribution in [0.5, 0.6) is 5.75 Å². The van der Waals surface area contributed by atoms with Crippen molar-refractivity contribution >= 4 is 35.0 Å². The van der Waals surface area contributed by atoms with Crippen molar-refractivity contribution in [3.63, 3.8) is 0 Å². The molecular weight excluding hydrogens is 386 g/mol. The van der Waals surface area contributed by atoms with Gasteiger partial charge in [0, 0.05) is 10.7 Å². The topological polar surface area (TPSA) is 77.2 Å². The number of rotatable bonds is 8. The lowest BCUT2D eigenvalue weighted by atomic mass is 10.2. The Balaban J connectivity index is 1.45. The quantitative estimate of drug-likeness (QED) is 0.554. The minimum atomic E-state index is -0.186. The Morgan fingerprint density at radius 3 is 2.78 bits per heavy atom. The van der Waals surface area contributed by atoms with E-state index in [1.807, 2.05) is 24.3 Å². The molecule has 0 fully saturated rings. The highest BCUT2D eigenvalue weighted by Gasteiger charge is 2.11. The van der Waals surface area contributed by atoms with E-state index in [-0.39, 0.29) is 18.3 Å². The van der Waals surface area contributed by atoms with E-state index in [1.54, 1.807) is 24.3 Å². The zero-order valence-electron chi connectivity index (χ0n) is 14.6. The lowest BCUT2D eigenvalue weighted by Crippen LogP contribution is -2.13. The number of halogens is 1. The zero-order valence-corrected chi connectivity index (χ0v) is 16.2. The lowest BCUT2D eigenvalue weighted by molar-refractivity contribution is -0.113. The molecule has 0 unspecified atom stereocenters. The van der Waals surface area contributed by atoms with Gasteiger partial charge in [-0.1, -0.05) is 48.5 Å². The van der Waals surface area contributed by atoms with Crippen LogP contribution >= 0.6 is 23.4 Å². The van der Waals surface area contributed by atoms with Gasteiger partial charge in [-0.15, -0.1) is 10.2 Å². The molecule has 2 aromatic carbocycles. The number of nitrogens with zero attached hydrogens (tertiary/aromatic N) is 2. The number of amides is 1. The third-order valence-electron chi connectivity index (χ3n) is 3.58. The molecule has 0 saturated carbocycles. The second kappa shape index (κ2) is 9.43. The number of aromatic nitrogens is 2. The Morgan fingerprint density at radius 1 is 1.22 bits per heavy atom. The van der Waals surface area contributed by atoms with Crippen LogP contribution in [0.1, 0.15) is 18.4 Å². The number of nitrogens with one attached hydrogen (secondary N) is 1. The van der Waals surface area contributed by atoms with Gasteiger partial charge in [-0.3, -0.25) is 4.79 Å². The van der Waals surface area contributed by atoms with Crippen molar-refractivity contribution in [1.29, 1.82) is 0 Å². The van der Waals surface area contributed by atoms with E-state index in [0.717, 1.165) is 23.9 Å². The monoisotopic (exact) mass is 403 g/mol. The van der Waals surface area contributed by atoms with Gasteiger partial charge >= 0.3 is 0 Å². The Hall–Kier alpha value is -2.51. The van der Waals surface area contributed by atoms with E-state index in [2.05, 4.69) is 22.4 Å². The summed E-state index contributed by atoms with van der Waals surface area (Å²) >= 11 is 7.05. The molecule has 0 radical (unpaired) electrons. The van der Waals surface area contributed by atoms with Crippen LogP contribution in [-0.2, 0) is 17.8 Å². The normalized spacial score (nSPS) is 10.6. The molecule has 140 valence electrons. The van der Waals surface area contributed by atoms with Crippen LogP contribution in [0.15, 0.2) is 58.2 Å². The highest BCUT2D eigenvalue weighted by atomic mass is 35.5. The standard InChI is InChI=1S/C19H18ClN3O3S/c1-2-13-6-8-16(9-7-13)25-11-18-22-23-19(26-18)27-12-17(24)21-15-5-3-4-14(20)10-15/h3-10H,2,11-12H2,1H3,(H,21,24). The maximum Gasteiger partial charge on any atom is 0.277 e. The van der Waals surface area contributed by atoms with Crippen molar-refractivity contribution in [2.75, 3.05) is 11.1 Å². The van der Waals surface area contributed by atoms with Crippen molar-refractivity contribution in [3.05, 3.63) is 65.0 Å². The highest BCUT2D eigenvalue weighted by Crippen LogP contribution is 2.19. The molecule has 0 atom stereocenters. The number of ether oxygens (including phenoxy) is 1. The first-order valence-corrected chi connectivity index (χ1v) is 9.71. The number of carbonyl (C=O) groups excluding carboxylic acids is 1. The minimum Gasteiger partial charge on any atom is -0.484 e. The summed E-state index contributed by atoms with van der Waals surface area (Å²) < 4.78 is 11.1. The summed E-state index contributed by atoms with van der Waals surface area (Å²) in [5.74, 6) is 1.05. The summed E-state index contributed by atoms with van der Waals surface area (Å²) in [5, 5.41) is 11.5. The summed E-state index contributed by atoms with van der Waals surface area (Å²) in [6, 6.07) is 14.8. The third kappa shape index (κ3) is 6.01. The molecule has 0 saturated heterocycles. The van der Waals surface area contributed by atoms with Crippen LogP contribution in [0.4, 0.5) is 5.69 Å². The number of carbonyl (C=O) groups is 1. The fraction of sp³-hybridized carbons (Fsp3) is 0.211. The molecule has 3 rings (SSSR count). The van der Waals surface area contributed by atoms with Crippen LogP contribution in [0.3, 0.4) is 0 Å². The van der Waals surface area contributed by atoms with E-state index < -0.39 is 0 Å². The van der Waals surface area contributed by atoms with Crippen molar-refractivity contribution in [2.45, 2.75) is 25.2 Å². The molecule has 8 heteroatoms. The fourth-order valence-corrected chi connectivity index (χ4v) is 2.98. The van der Waals surface area contributed by atoms with Crippen LogP contribution in [-0.4, -0.2) is 21.9 Å². The molecule has 3 aromatic rings. The van der Waals surface area contributed by atoms with Crippen molar-refractivity contribution in [2.24, 2.45) is 0 Å². The summed E-state index contributed by atoms with van der Waals surface area (Å²) in [5.41, 5.74) is 1.89. The summed E-state index contributed by atoms with van der Waals surface area (Å²) in [4.78, 5) is 12.0.